The Kier molecular flexibility index (Phi) is 3.57. The zero-order chi connectivity index (χ0) is 18.4. The van der Waals surface area contributed by atoms with Crippen LogP contribution in [0.1, 0.15) is 25.5 Å². The molecule has 4 rings (SSSR count). The maximum absolute atomic E-state index is 12.4. The second-order valence-electron chi connectivity index (χ2n) is 6.27. The van der Waals surface area contributed by atoms with Crippen LogP contribution in [0.4, 0.5) is 11.6 Å². The van der Waals surface area contributed by atoms with Crippen LogP contribution in [0, 0.1) is 10.1 Å². The van der Waals surface area contributed by atoms with Crippen molar-refractivity contribution in [2.24, 2.45) is 0 Å². The third-order valence-corrected chi connectivity index (χ3v) is 4.63. The van der Waals surface area contributed by atoms with Crippen molar-refractivity contribution in [2.45, 2.75) is 19.9 Å². The van der Waals surface area contributed by atoms with Gasteiger partial charge in [-0.15, -0.1) is 0 Å². The Morgan fingerprint density at radius 2 is 1.88 bits per heavy atom. The summed E-state index contributed by atoms with van der Waals surface area (Å²) in [6.45, 7) is 3.38. The smallest absolute Gasteiger partial charge is 0.269 e. The van der Waals surface area contributed by atoms with E-state index in [0.29, 0.717) is 11.5 Å². The Morgan fingerprint density at radius 1 is 1.19 bits per heavy atom. The minimum atomic E-state index is -0.433. The first kappa shape index (κ1) is 16.0. The van der Waals surface area contributed by atoms with Crippen molar-refractivity contribution in [1.82, 2.24) is 9.55 Å². The summed E-state index contributed by atoms with van der Waals surface area (Å²) in [6.07, 6.45) is 0. The second kappa shape index (κ2) is 5.80. The van der Waals surface area contributed by atoms with E-state index in [9.17, 15) is 14.9 Å². The van der Waals surface area contributed by atoms with E-state index in [1.165, 1.54) is 19.1 Å². The zero-order valence-corrected chi connectivity index (χ0v) is 14.3. The van der Waals surface area contributed by atoms with Crippen molar-refractivity contribution >= 4 is 28.5 Å². The lowest BCUT2D eigenvalue weighted by Crippen LogP contribution is -2.26. The molecule has 0 aliphatic carbocycles. The molecule has 0 saturated heterocycles. The Morgan fingerprint density at radius 3 is 2.54 bits per heavy atom. The van der Waals surface area contributed by atoms with Gasteiger partial charge in [0.15, 0.2) is 5.78 Å². The summed E-state index contributed by atoms with van der Waals surface area (Å²) in [6, 6.07) is 13.6. The number of benzene rings is 2. The number of allylic oxidation sites excluding steroid dienone is 2. The topological polar surface area (TPSA) is 90.1 Å². The molecule has 2 heterocycles. The molecule has 0 bridgehead atoms. The summed E-state index contributed by atoms with van der Waals surface area (Å²) in [4.78, 5) is 27.5. The van der Waals surface area contributed by atoms with Crippen LogP contribution in [0.15, 0.2) is 59.8 Å². The molecule has 1 aromatic heterocycles. The first-order valence-electron chi connectivity index (χ1n) is 8.17. The molecular weight excluding hydrogens is 332 g/mol. The average molecular weight is 348 g/mol. The molecule has 0 saturated carbocycles. The normalized spacial score (nSPS) is 16.3. The SMILES string of the molecule is CC(=O)C1=C(C)Nc2nc3ccccc3n2[C@@H]1c1ccc([N+](=O)[O-])cc1. The standard InChI is InChI=1S/C19H16N4O3/c1-11-17(12(2)24)18(13-7-9-14(10-8-13)23(25)26)22-16-6-4-3-5-15(16)21-19(22)20-11/h3-10,18H,1-2H3,(H,20,21)/t18-/m1/s1. The summed E-state index contributed by atoms with van der Waals surface area (Å²) in [7, 11) is 0. The summed E-state index contributed by atoms with van der Waals surface area (Å²) >= 11 is 0. The van der Waals surface area contributed by atoms with Gasteiger partial charge in [0.1, 0.15) is 0 Å². The molecule has 130 valence electrons. The number of Topliss-reactive ketones (excluding diaryl/α,β-unsaturated/α-hetero) is 1. The van der Waals surface area contributed by atoms with Gasteiger partial charge in [-0.25, -0.2) is 4.98 Å². The number of nitro groups is 1. The molecule has 1 aliphatic rings. The number of carbonyl (C=O) groups is 1. The molecule has 1 atom stereocenters. The van der Waals surface area contributed by atoms with Crippen molar-refractivity contribution in [3.63, 3.8) is 0 Å². The van der Waals surface area contributed by atoms with Gasteiger partial charge < -0.3 is 5.32 Å². The highest BCUT2D eigenvalue weighted by Crippen LogP contribution is 2.39. The Balaban J connectivity index is 1.97. The number of non-ortho nitro benzene ring substituents is 1. The third-order valence-electron chi connectivity index (χ3n) is 4.63. The fourth-order valence-corrected chi connectivity index (χ4v) is 3.51. The van der Waals surface area contributed by atoms with Crippen molar-refractivity contribution in [1.29, 1.82) is 0 Å². The number of nitro benzene ring substituents is 1. The number of ketones is 1. The maximum atomic E-state index is 12.4. The summed E-state index contributed by atoms with van der Waals surface area (Å²) in [5.41, 5.74) is 3.89. The molecule has 0 unspecified atom stereocenters. The van der Waals surface area contributed by atoms with E-state index in [0.717, 1.165) is 22.3 Å². The summed E-state index contributed by atoms with van der Waals surface area (Å²) in [5.74, 6) is 0.596. The Hall–Kier alpha value is -3.48. The predicted molar refractivity (Wildman–Crippen MR) is 98.0 cm³/mol. The fourth-order valence-electron chi connectivity index (χ4n) is 3.51. The van der Waals surface area contributed by atoms with Gasteiger partial charge in [0.25, 0.3) is 5.69 Å². The highest BCUT2D eigenvalue weighted by Gasteiger charge is 2.32. The van der Waals surface area contributed by atoms with Crippen LogP contribution in [0.3, 0.4) is 0 Å². The van der Waals surface area contributed by atoms with Crippen LogP contribution >= 0.6 is 0 Å². The van der Waals surface area contributed by atoms with E-state index in [1.807, 2.05) is 35.8 Å². The lowest BCUT2D eigenvalue weighted by Gasteiger charge is -2.30. The van der Waals surface area contributed by atoms with Crippen molar-refractivity contribution in [3.05, 3.63) is 75.5 Å². The fraction of sp³-hybridized carbons (Fsp3) is 0.158. The monoisotopic (exact) mass is 348 g/mol. The molecule has 0 spiro atoms. The number of nitrogens with zero attached hydrogens (tertiary/aromatic N) is 3. The minimum absolute atomic E-state index is 0.0171. The van der Waals surface area contributed by atoms with Crippen LogP contribution in [0.2, 0.25) is 0 Å². The van der Waals surface area contributed by atoms with E-state index in [-0.39, 0.29) is 11.5 Å². The van der Waals surface area contributed by atoms with Gasteiger partial charge in [0.05, 0.1) is 22.0 Å². The zero-order valence-electron chi connectivity index (χ0n) is 14.3. The van der Waals surface area contributed by atoms with Gasteiger partial charge in [-0.3, -0.25) is 19.5 Å². The molecule has 0 radical (unpaired) electrons. The number of rotatable bonds is 3. The molecule has 2 aromatic carbocycles. The summed E-state index contributed by atoms with van der Waals surface area (Å²) < 4.78 is 1.97. The molecule has 0 fully saturated rings. The number of nitrogens with one attached hydrogen (secondary N) is 1. The van der Waals surface area contributed by atoms with Crippen molar-refractivity contribution in [3.8, 4) is 0 Å². The van der Waals surface area contributed by atoms with E-state index in [2.05, 4.69) is 10.3 Å². The van der Waals surface area contributed by atoms with Crippen LogP contribution in [0.25, 0.3) is 11.0 Å². The predicted octanol–water partition coefficient (Wildman–Crippen LogP) is 3.82. The van der Waals surface area contributed by atoms with Crippen LogP contribution in [-0.4, -0.2) is 20.3 Å². The molecular formula is C19H16N4O3. The third kappa shape index (κ3) is 2.36. The van der Waals surface area contributed by atoms with Gasteiger partial charge in [-0.05, 0) is 43.7 Å². The first-order chi connectivity index (χ1) is 12.5. The number of anilines is 1. The molecule has 7 heteroatoms. The lowest BCUT2D eigenvalue weighted by molar-refractivity contribution is -0.384. The van der Waals surface area contributed by atoms with Gasteiger partial charge >= 0.3 is 0 Å². The van der Waals surface area contributed by atoms with Crippen molar-refractivity contribution < 1.29 is 9.72 Å². The molecule has 3 aromatic rings. The number of para-hydroxylation sites is 2. The maximum Gasteiger partial charge on any atom is 0.269 e. The summed E-state index contributed by atoms with van der Waals surface area (Å²) in [5, 5.41) is 14.2. The van der Waals surface area contributed by atoms with Crippen LogP contribution in [0.5, 0.6) is 0 Å². The highest BCUT2D eigenvalue weighted by atomic mass is 16.6. The van der Waals surface area contributed by atoms with E-state index < -0.39 is 11.0 Å². The molecule has 1 N–H and O–H groups in total. The van der Waals surface area contributed by atoms with Gasteiger partial charge in [-0.1, -0.05) is 12.1 Å². The van der Waals surface area contributed by atoms with Crippen molar-refractivity contribution in [2.75, 3.05) is 5.32 Å². The molecule has 1 aliphatic heterocycles. The number of imidazole rings is 1. The second-order valence-corrected chi connectivity index (χ2v) is 6.27. The number of fused-ring (bicyclic) bond motifs is 3. The lowest BCUT2D eigenvalue weighted by atomic mass is 9.92. The van der Waals surface area contributed by atoms with Crippen LogP contribution < -0.4 is 5.32 Å². The quantitative estimate of drug-likeness (QED) is 0.574. The highest BCUT2D eigenvalue weighted by molar-refractivity contribution is 5.97. The number of hydrogen-bond donors (Lipinski definition) is 1. The molecule has 0 amide bonds. The van der Waals surface area contributed by atoms with E-state index in [4.69, 9.17) is 0 Å². The van der Waals surface area contributed by atoms with Crippen LogP contribution in [-0.2, 0) is 4.79 Å². The average Bonchev–Trinajstić information content (AvgIpc) is 2.98. The number of hydrogen-bond acceptors (Lipinski definition) is 5. The minimum Gasteiger partial charge on any atom is -0.329 e. The number of carbonyl (C=O) groups excluding carboxylic acids is 1. The number of aromatic nitrogens is 2. The van der Waals surface area contributed by atoms with E-state index >= 15 is 0 Å². The van der Waals surface area contributed by atoms with Gasteiger partial charge in [0.2, 0.25) is 5.95 Å². The largest absolute Gasteiger partial charge is 0.329 e. The molecule has 7 nitrogen and oxygen atoms in total. The molecule has 26 heavy (non-hydrogen) atoms. The Bertz CT molecular complexity index is 1080. The Labute approximate surface area is 149 Å². The first-order valence-corrected chi connectivity index (χ1v) is 8.17. The van der Waals surface area contributed by atoms with Gasteiger partial charge in [-0.2, -0.15) is 0 Å². The van der Waals surface area contributed by atoms with E-state index in [1.54, 1.807) is 12.1 Å². The van der Waals surface area contributed by atoms with Gasteiger partial charge in [0, 0.05) is 23.4 Å².